The third-order valence-electron chi connectivity index (χ3n) is 4.95. The maximum Gasteiger partial charge on any atom is 0.407 e. The summed E-state index contributed by atoms with van der Waals surface area (Å²) in [5.74, 6) is 1.05. The highest BCUT2D eigenvalue weighted by molar-refractivity contribution is 5.85. The first-order valence-electron chi connectivity index (χ1n) is 10.4. The fourth-order valence-corrected chi connectivity index (χ4v) is 3.20. The fourth-order valence-electron chi connectivity index (χ4n) is 3.20. The van der Waals surface area contributed by atoms with E-state index >= 15 is 0 Å². The van der Waals surface area contributed by atoms with E-state index in [1.165, 1.54) is 17.7 Å². The number of ether oxygens (including phenoxy) is 1. The Kier molecular flexibility index (Phi) is 7.95. The smallest absolute Gasteiger partial charge is 0.407 e. The Balaban J connectivity index is 1.93. The number of likely N-dealkylation sites (N-methyl/N-ethyl adjacent to an activating group) is 1. The van der Waals surface area contributed by atoms with E-state index in [2.05, 4.69) is 20.9 Å². The molecule has 0 spiro atoms. The van der Waals surface area contributed by atoms with Crippen LogP contribution in [0.15, 0.2) is 4.99 Å². The summed E-state index contributed by atoms with van der Waals surface area (Å²) in [7, 11) is 3.45. The average molecular weight is 396 g/mol. The molecule has 2 saturated carbocycles. The molecular formula is C20H37N5O3. The van der Waals surface area contributed by atoms with Crippen molar-refractivity contribution in [1.29, 1.82) is 0 Å². The predicted octanol–water partition coefficient (Wildman–Crippen LogP) is 1.86. The lowest BCUT2D eigenvalue weighted by Crippen LogP contribution is -2.50. The van der Waals surface area contributed by atoms with Crippen molar-refractivity contribution in [1.82, 2.24) is 20.9 Å². The zero-order chi connectivity index (χ0) is 20.7. The number of nitrogens with one attached hydrogen (secondary N) is 3. The van der Waals surface area contributed by atoms with Crippen molar-refractivity contribution in [3.63, 3.8) is 0 Å². The molecule has 2 amide bonds. The molecule has 0 bridgehead atoms. The number of guanidine groups is 1. The molecular weight excluding hydrogens is 358 g/mol. The van der Waals surface area contributed by atoms with Gasteiger partial charge in [-0.1, -0.05) is 12.8 Å². The van der Waals surface area contributed by atoms with Crippen molar-refractivity contribution in [2.75, 3.05) is 27.2 Å². The maximum absolute atomic E-state index is 12.2. The van der Waals surface area contributed by atoms with E-state index in [1.807, 2.05) is 20.8 Å². The van der Waals surface area contributed by atoms with Gasteiger partial charge in [-0.05, 0) is 52.4 Å². The number of aliphatic imine (C=N–C) groups is 1. The molecule has 0 aromatic rings. The zero-order valence-corrected chi connectivity index (χ0v) is 18.0. The molecule has 1 atom stereocenters. The number of alkyl carbamates (subject to hydrolysis) is 1. The standard InChI is InChI=1S/C20H37N5O3/c1-20(2,3)28-19(27)24-16(14-10-11-14)12-21-18(22-13-17(26)25(4)5)23-15-8-6-7-9-15/h14-16H,6-13H2,1-5H3,(H,24,27)(H2,21,22,23). The molecule has 8 nitrogen and oxygen atoms in total. The fraction of sp³-hybridized carbons (Fsp3) is 0.850. The number of hydrogen-bond acceptors (Lipinski definition) is 4. The predicted molar refractivity (Wildman–Crippen MR) is 110 cm³/mol. The highest BCUT2D eigenvalue weighted by Crippen LogP contribution is 2.32. The Morgan fingerprint density at radius 3 is 2.32 bits per heavy atom. The number of carbonyl (C=O) groups excluding carboxylic acids is 2. The minimum Gasteiger partial charge on any atom is -0.444 e. The monoisotopic (exact) mass is 395 g/mol. The summed E-state index contributed by atoms with van der Waals surface area (Å²) in [6, 6.07) is 0.369. The number of nitrogens with zero attached hydrogens (tertiary/aromatic N) is 2. The molecule has 3 N–H and O–H groups in total. The topological polar surface area (TPSA) is 95.1 Å². The highest BCUT2D eigenvalue weighted by Gasteiger charge is 2.33. The van der Waals surface area contributed by atoms with Gasteiger partial charge in [0, 0.05) is 26.7 Å². The molecule has 2 aliphatic carbocycles. The van der Waals surface area contributed by atoms with Crippen LogP contribution in [0.25, 0.3) is 0 Å². The zero-order valence-electron chi connectivity index (χ0n) is 18.0. The van der Waals surface area contributed by atoms with E-state index in [9.17, 15) is 9.59 Å². The summed E-state index contributed by atoms with van der Waals surface area (Å²) in [4.78, 5) is 30.1. The number of rotatable bonds is 7. The lowest BCUT2D eigenvalue weighted by Gasteiger charge is -2.25. The summed E-state index contributed by atoms with van der Waals surface area (Å²) in [6.07, 6.45) is 6.47. The Morgan fingerprint density at radius 2 is 1.79 bits per heavy atom. The van der Waals surface area contributed by atoms with Crippen LogP contribution >= 0.6 is 0 Å². The second-order valence-electron chi connectivity index (χ2n) is 9.05. The van der Waals surface area contributed by atoms with Crippen molar-refractivity contribution in [3.05, 3.63) is 0 Å². The van der Waals surface area contributed by atoms with Gasteiger partial charge in [0.05, 0.1) is 6.04 Å². The molecule has 0 aromatic carbocycles. The van der Waals surface area contributed by atoms with Crippen LogP contribution in [0.3, 0.4) is 0 Å². The average Bonchev–Trinajstić information content (AvgIpc) is 3.30. The Labute approximate surface area is 168 Å². The molecule has 160 valence electrons. The van der Waals surface area contributed by atoms with Gasteiger partial charge in [0.25, 0.3) is 0 Å². The largest absolute Gasteiger partial charge is 0.444 e. The molecule has 2 rings (SSSR count). The quantitative estimate of drug-likeness (QED) is 0.452. The number of amides is 2. The number of carbonyl (C=O) groups is 2. The molecule has 0 aliphatic heterocycles. The summed E-state index contributed by atoms with van der Waals surface area (Å²) >= 11 is 0. The minimum atomic E-state index is -0.519. The van der Waals surface area contributed by atoms with Gasteiger partial charge in [0.2, 0.25) is 5.91 Å². The van der Waals surface area contributed by atoms with Gasteiger partial charge >= 0.3 is 6.09 Å². The first kappa shape index (κ1) is 22.3. The molecule has 2 aliphatic rings. The lowest BCUT2D eigenvalue weighted by molar-refractivity contribution is -0.127. The summed E-state index contributed by atoms with van der Waals surface area (Å²) in [6.45, 7) is 6.22. The first-order valence-corrected chi connectivity index (χ1v) is 10.4. The third-order valence-corrected chi connectivity index (χ3v) is 4.95. The van der Waals surface area contributed by atoms with E-state index in [0.717, 1.165) is 25.7 Å². The van der Waals surface area contributed by atoms with Crippen LogP contribution in [0.4, 0.5) is 4.79 Å². The van der Waals surface area contributed by atoms with Crippen LogP contribution in [-0.2, 0) is 9.53 Å². The Morgan fingerprint density at radius 1 is 1.14 bits per heavy atom. The van der Waals surface area contributed by atoms with Gasteiger partial charge in [-0.3, -0.25) is 4.79 Å². The molecule has 0 saturated heterocycles. The van der Waals surface area contributed by atoms with Crippen LogP contribution < -0.4 is 16.0 Å². The lowest BCUT2D eigenvalue weighted by atomic mass is 10.2. The SMILES string of the molecule is CN(C)C(=O)CN=C(NCC(NC(=O)OC(C)(C)C)C1CC1)NC1CCCC1. The third kappa shape index (κ3) is 8.35. The van der Waals surface area contributed by atoms with Crippen molar-refractivity contribution < 1.29 is 14.3 Å². The van der Waals surface area contributed by atoms with Crippen molar-refractivity contribution in [2.24, 2.45) is 10.9 Å². The van der Waals surface area contributed by atoms with E-state index < -0.39 is 11.7 Å². The van der Waals surface area contributed by atoms with Crippen LogP contribution in [-0.4, -0.2) is 67.7 Å². The Hall–Kier alpha value is -1.99. The van der Waals surface area contributed by atoms with Gasteiger partial charge in [0.15, 0.2) is 5.96 Å². The minimum absolute atomic E-state index is 0.0185. The first-order chi connectivity index (χ1) is 13.1. The number of hydrogen-bond donors (Lipinski definition) is 3. The Bertz CT molecular complexity index is 561. The van der Waals surface area contributed by atoms with Gasteiger partial charge in [-0.25, -0.2) is 9.79 Å². The van der Waals surface area contributed by atoms with E-state index in [4.69, 9.17) is 4.74 Å². The summed E-state index contributed by atoms with van der Waals surface area (Å²) < 4.78 is 5.39. The molecule has 0 heterocycles. The van der Waals surface area contributed by atoms with Crippen LogP contribution in [0.5, 0.6) is 0 Å². The van der Waals surface area contributed by atoms with Crippen LogP contribution in [0.2, 0.25) is 0 Å². The molecule has 1 unspecified atom stereocenters. The molecule has 2 fully saturated rings. The van der Waals surface area contributed by atoms with E-state index in [0.29, 0.717) is 24.5 Å². The molecule has 0 radical (unpaired) electrons. The molecule has 8 heteroatoms. The summed E-state index contributed by atoms with van der Waals surface area (Å²) in [5, 5.41) is 9.76. The van der Waals surface area contributed by atoms with E-state index in [1.54, 1.807) is 14.1 Å². The summed E-state index contributed by atoms with van der Waals surface area (Å²) in [5.41, 5.74) is -0.519. The van der Waals surface area contributed by atoms with Gasteiger partial charge in [0.1, 0.15) is 12.1 Å². The van der Waals surface area contributed by atoms with Crippen molar-refractivity contribution in [2.45, 2.75) is 77.0 Å². The molecule has 0 aromatic heterocycles. The van der Waals surface area contributed by atoms with Crippen molar-refractivity contribution in [3.8, 4) is 0 Å². The van der Waals surface area contributed by atoms with Crippen LogP contribution in [0, 0.1) is 5.92 Å². The van der Waals surface area contributed by atoms with Gasteiger partial charge in [-0.2, -0.15) is 0 Å². The second-order valence-corrected chi connectivity index (χ2v) is 9.05. The van der Waals surface area contributed by atoms with Gasteiger partial charge in [-0.15, -0.1) is 0 Å². The van der Waals surface area contributed by atoms with E-state index in [-0.39, 0.29) is 18.5 Å². The highest BCUT2D eigenvalue weighted by atomic mass is 16.6. The van der Waals surface area contributed by atoms with Gasteiger partial charge < -0.3 is 25.6 Å². The second kappa shape index (κ2) is 9.98. The van der Waals surface area contributed by atoms with Crippen LogP contribution in [0.1, 0.15) is 59.3 Å². The normalized spacial score (nSPS) is 19.1. The maximum atomic E-state index is 12.2. The molecule has 28 heavy (non-hydrogen) atoms. The van der Waals surface area contributed by atoms with Crippen molar-refractivity contribution >= 4 is 18.0 Å².